The van der Waals surface area contributed by atoms with Crippen molar-refractivity contribution in [2.24, 2.45) is 5.73 Å². The predicted octanol–water partition coefficient (Wildman–Crippen LogP) is 2.15. The van der Waals surface area contributed by atoms with Crippen LogP contribution >= 0.6 is 0 Å². The molecule has 0 amide bonds. The minimum Gasteiger partial charge on any atom is -0.317 e. The van der Waals surface area contributed by atoms with Gasteiger partial charge in [0, 0.05) is 0 Å². The van der Waals surface area contributed by atoms with E-state index in [1.165, 1.54) is 10.9 Å². The number of ketones is 1. The maximum absolute atomic E-state index is 12.6. The standard InChI is InChI=1S/C16H14N4O/c17-15(12-7-3-1-4-8-12)16(21)14-11-18-19-20(14)13-9-5-2-6-10-13/h1-11,15H,17H2. The summed E-state index contributed by atoms with van der Waals surface area (Å²) in [6.45, 7) is 0. The fourth-order valence-corrected chi connectivity index (χ4v) is 2.13. The number of Topliss-reactive ketones (excluding diaryl/α,β-unsaturated/α-hetero) is 1. The first-order chi connectivity index (χ1) is 10.3. The number of para-hydroxylation sites is 1. The Morgan fingerprint density at radius 2 is 1.62 bits per heavy atom. The number of hydrogen-bond donors (Lipinski definition) is 1. The van der Waals surface area contributed by atoms with Gasteiger partial charge in [0.1, 0.15) is 5.69 Å². The molecule has 1 aromatic heterocycles. The summed E-state index contributed by atoms with van der Waals surface area (Å²) < 4.78 is 1.51. The fraction of sp³-hybridized carbons (Fsp3) is 0.0625. The molecule has 5 heteroatoms. The molecule has 2 aromatic carbocycles. The second-order valence-electron chi connectivity index (χ2n) is 4.62. The van der Waals surface area contributed by atoms with Gasteiger partial charge in [0.05, 0.1) is 17.9 Å². The van der Waals surface area contributed by atoms with Crippen molar-refractivity contribution in [2.45, 2.75) is 6.04 Å². The highest BCUT2D eigenvalue weighted by atomic mass is 16.1. The van der Waals surface area contributed by atoms with Crippen molar-refractivity contribution in [3.8, 4) is 5.69 Å². The van der Waals surface area contributed by atoms with E-state index in [0.29, 0.717) is 5.69 Å². The molecule has 0 radical (unpaired) electrons. The second-order valence-corrected chi connectivity index (χ2v) is 4.62. The van der Waals surface area contributed by atoms with Gasteiger partial charge in [-0.15, -0.1) is 5.10 Å². The van der Waals surface area contributed by atoms with Crippen LogP contribution in [0, 0.1) is 0 Å². The first kappa shape index (κ1) is 13.2. The third kappa shape index (κ3) is 2.59. The molecule has 0 fully saturated rings. The van der Waals surface area contributed by atoms with Crippen LogP contribution in [-0.4, -0.2) is 20.8 Å². The number of rotatable bonds is 4. The van der Waals surface area contributed by atoms with Crippen LogP contribution in [0.2, 0.25) is 0 Å². The van der Waals surface area contributed by atoms with Crippen molar-refractivity contribution >= 4 is 5.78 Å². The molecule has 0 bridgehead atoms. The number of carbonyl (C=O) groups excluding carboxylic acids is 1. The topological polar surface area (TPSA) is 73.8 Å². The van der Waals surface area contributed by atoms with Gasteiger partial charge in [0.15, 0.2) is 0 Å². The minimum atomic E-state index is -0.729. The molecule has 1 unspecified atom stereocenters. The number of carbonyl (C=O) groups is 1. The molecular formula is C16H14N4O. The molecule has 3 rings (SSSR count). The van der Waals surface area contributed by atoms with Crippen LogP contribution in [0.5, 0.6) is 0 Å². The average Bonchev–Trinajstić information content (AvgIpc) is 3.04. The Morgan fingerprint density at radius 1 is 1.00 bits per heavy atom. The maximum Gasteiger partial charge on any atom is 0.204 e. The zero-order valence-corrected chi connectivity index (χ0v) is 11.3. The van der Waals surface area contributed by atoms with Crippen molar-refractivity contribution in [1.82, 2.24) is 15.0 Å². The molecule has 0 aliphatic carbocycles. The zero-order valence-electron chi connectivity index (χ0n) is 11.3. The fourth-order valence-electron chi connectivity index (χ4n) is 2.13. The van der Waals surface area contributed by atoms with Gasteiger partial charge >= 0.3 is 0 Å². The van der Waals surface area contributed by atoms with Crippen molar-refractivity contribution < 1.29 is 4.79 Å². The lowest BCUT2D eigenvalue weighted by molar-refractivity contribution is 0.0953. The Morgan fingerprint density at radius 3 is 2.29 bits per heavy atom. The van der Waals surface area contributed by atoms with E-state index in [9.17, 15) is 4.79 Å². The van der Waals surface area contributed by atoms with Crippen molar-refractivity contribution in [3.05, 3.63) is 78.1 Å². The third-order valence-electron chi connectivity index (χ3n) is 3.24. The van der Waals surface area contributed by atoms with Crippen LogP contribution in [0.15, 0.2) is 66.9 Å². The minimum absolute atomic E-state index is 0.213. The Labute approximate surface area is 122 Å². The van der Waals surface area contributed by atoms with Gasteiger partial charge in [0.2, 0.25) is 5.78 Å². The summed E-state index contributed by atoms with van der Waals surface area (Å²) >= 11 is 0. The van der Waals surface area contributed by atoms with Gasteiger partial charge < -0.3 is 5.73 Å². The van der Waals surface area contributed by atoms with Gasteiger partial charge in [0.25, 0.3) is 0 Å². The molecule has 3 aromatic rings. The highest BCUT2D eigenvalue weighted by Crippen LogP contribution is 2.17. The Balaban J connectivity index is 1.95. The molecule has 1 heterocycles. The smallest absolute Gasteiger partial charge is 0.204 e. The van der Waals surface area contributed by atoms with E-state index in [2.05, 4.69) is 10.3 Å². The first-order valence-corrected chi connectivity index (χ1v) is 6.58. The van der Waals surface area contributed by atoms with Crippen LogP contribution in [0.3, 0.4) is 0 Å². The lowest BCUT2D eigenvalue weighted by Gasteiger charge is -2.11. The molecular weight excluding hydrogens is 264 g/mol. The summed E-state index contributed by atoms with van der Waals surface area (Å²) in [5.41, 5.74) is 7.97. The predicted molar refractivity (Wildman–Crippen MR) is 79.1 cm³/mol. The molecule has 21 heavy (non-hydrogen) atoms. The summed E-state index contributed by atoms with van der Waals surface area (Å²) in [4.78, 5) is 12.6. The number of benzene rings is 2. The van der Waals surface area contributed by atoms with Crippen molar-refractivity contribution in [2.75, 3.05) is 0 Å². The lowest BCUT2D eigenvalue weighted by Crippen LogP contribution is -2.23. The summed E-state index contributed by atoms with van der Waals surface area (Å²) in [5, 5.41) is 7.81. The quantitative estimate of drug-likeness (QED) is 0.742. The third-order valence-corrected chi connectivity index (χ3v) is 3.24. The molecule has 0 saturated heterocycles. The summed E-state index contributed by atoms with van der Waals surface area (Å²) in [6.07, 6.45) is 1.44. The van der Waals surface area contributed by atoms with Gasteiger partial charge in [-0.25, -0.2) is 4.68 Å². The van der Waals surface area contributed by atoms with E-state index in [4.69, 9.17) is 5.73 Å². The van der Waals surface area contributed by atoms with E-state index in [1.54, 1.807) is 0 Å². The first-order valence-electron chi connectivity index (χ1n) is 6.58. The molecule has 104 valence electrons. The summed E-state index contributed by atoms with van der Waals surface area (Å²) in [7, 11) is 0. The van der Waals surface area contributed by atoms with Crippen LogP contribution < -0.4 is 5.73 Å². The van der Waals surface area contributed by atoms with E-state index in [0.717, 1.165) is 11.3 Å². The van der Waals surface area contributed by atoms with E-state index in [-0.39, 0.29) is 5.78 Å². The van der Waals surface area contributed by atoms with Gasteiger partial charge in [-0.05, 0) is 17.7 Å². The second kappa shape index (κ2) is 5.68. The van der Waals surface area contributed by atoms with Gasteiger partial charge in [-0.3, -0.25) is 4.79 Å². The highest BCUT2D eigenvalue weighted by molar-refractivity contribution is 5.99. The average molecular weight is 278 g/mol. The lowest BCUT2D eigenvalue weighted by atomic mass is 10.0. The Kier molecular flexibility index (Phi) is 3.57. The zero-order chi connectivity index (χ0) is 14.7. The number of aromatic nitrogens is 3. The summed E-state index contributed by atoms with van der Waals surface area (Å²) in [5.74, 6) is -0.213. The number of hydrogen-bond acceptors (Lipinski definition) is 4. The molecule has 5 nitrogen and oxygen atoms in total. The molecule has 1 atom stereocenters. The number of nitrogens with zero attached hydrogens (tertiary/aromatic N) is 3. The molecule has 0 saturated carbocycles. The van der Waals surface area contributed by atoms with Crippen LogP contribution in [0.25, 0.3) is 5.69 Å². The van der Waals surface area contributed by atoms with Crippen molar-refractivity contribution in [1.29, 1.82) is 0 Å². The van der Waals surface area contributed by atoms with Gasteiger partial charge in [-0.1, -0.05) is 53.7 Å². The molecule has 2 N–H and O–H groups in total. The summed E-state index contributed by atoms with van der Waals surface area (Å²) in [6, 6.07) is 17.9. The largest absolute Gasteiger partial charge is 0.317 e. The molecule has 0 spiro atoms. The molecule has 0 aliphatic heterocycles. The maximum atomic E-state index is 12.6. The van der Waals surface area contributed by atoms with Crippen LogP contribution in [0.4, 0.5) is 0 Å². The monoisotopic (exact) mass is 278 g/mol. The normalized spacial score (nSPS) is 12.0. The SMILES string of the molecule is NC(C(=O)c1cnnn1-c1ccccc1)c1ccccc1. The highest BCUT2D eigenvalue weighted by Gasteiger charge is 2.22. The van der Waals surface area contributed by atoms with Crippen LogP contribution in [-0.2, 0) is 0 Å². The molecule has 0 aliphatic rings. The van der Waals surface area contributed by atoms with E-state index >= 15 is 0 Å². The number of nitrogens with two attached hydrogens (primary N) is 1. The van der Waals surface area contributed by atoms with E-state index < -0.39 is 6.04 Å². The van der Waals surface area contributed by atoms with Crippen LogP contribution in [0.1, 0.15) is 22.1 Å². The van der Waals surface area contributed by atoms with Crippen molar-refractivity contribution in [3.63, 3.8) is 0 Å². The van der Waals surface area contributed by atoms with E-state index in [1.807, 2.05) is 60.7 Å². The van der Waals surface area contributed by atoms with Gasteiger partial charge in [-0.2, -0.15) is 0 Å². The Hall–Kier alpha value is -2.79. The Bertz CT molecular complexity index is 737.